The van der Waals surface area contributed by atoms with Crippen molar-refractivity contribution in [2.24, 2.45) is 5.73 Å². The summed E-state index contributed by atoms with van der Waals surface area (Å²) in [4.78, 5) is 9.45. The topological polar surface area (TPSA) is 132 Å². The molecule has 0 aliphatic carbocycles. The molecule has 0 aliphatic heterocycles. The minimum absolute atomic E-state index is 0.105. The molecule has 2 aromatic carbocycles. The van der Waals surface area contributed by atoms with Gasteiger partial charge in [0.25, 0.3) is 0 Å². The normalized spacial score (nSPS) is 11.6. The number of imidazole rings is 1. The number of pyridine rings is 1. The molecule has 0 aliphatic rings. The van der Waals surface area contributed by atoms with Crippen molar-refractivity contribution >= 4 is 27.8 Å². The fourth-order valence-corrected chi connectivity index (χ4v) is 4.10. The van der Waals surface area contributed by atoms with Crippen molar-refractivity contribution in [2.75, 3.05) is 25.5 Å². The van der Waals surface area contributed by atoms with Crippen molar-refractivity contribution in [1.29, 1.82) is 0 Å². The minimum Gasteiger partial charge on any atom is -0.508 e. The zero-order valence-corrected chi connectivity index (χ0v) is 18.9. The maximum Gasteiger partial charge on any atom is 0.152 e. The molecule has 4 rings (SSSR count). The van der Waals surface area contributed by atoms with E-state index in [1.807, 2.05) is 12.1 Å². The molecule has 2 heterocycles. The molecule has 2 aromatic heterocycles. The Kier molecular flexibility index (Phi) is 6.96. The Morgan fingerprint density at radius 2 is 1.88 bits per heavy atom. The third-order valence-electron chi connectivity index (χ3n) is 5.79. The highest BCUT2D eigenvalue weighted by Gasteiger charge is 2.19. The first-order chi connectivity index (χ1) is 16.0. The molecule has 0 spiro atoms. The number of aromatic hydroxyl groups is 2. The molecular formula is C25H31N5O3. The summed E-state index contributed by atoms with van der Waals surface area (Å²) in [6, 6.07) is 10.7. The summed E-state index contributed by atoms with van der Waals surface area (Å²) in [6.45, 7) is 4.13. The Morgan fingerprint density at radius 3 is 2.67 bits per heavy atom. The molecule has 0 atom stereocenters. The van der Waals surface area contributed by atoms with Crippen LogP contribution in [0.1, 0.15) is 36.7 Å². The van der Waals surface area contributed by atoms with Gasteiger partial charge in [0.15, 0.2) is 5.82 Å². The number of phenolic OH excluding ortho intramolecular Hbond substituents is 2. The predicted octanol–water partition coefficient (Wildman–Crippen LogP) is 3.49. The highest BCUT2D eigenvalue weighted by atomic mass is 16.5. The molecular weight excluding hydrogens is 418 g/mol. The van der Waals surface area contributed by atoms with Crippen molar-refractivity contribution in [3.63, 3.8) is 0 Å². The van der Waals surface area contributed by atoms with Crippen LogP contribution in [-0.4, -0.2) is 44.5 Å². The summed E-state index contributed by atoms with van der Waals surface area (Å²) in [7, 11) is 0. The van der Waals surface area contributed by atoms with Crippen LogP contribution in [0.5, 0.6) is 11.5 Å². The zero-order valence-electron chi connectivity index (χ0n) is 18.9. The number of rotatable bonds is 10. The highest BCUT2D eigenvalue weighted by Crippen LogP contribution is 2.32. The number of unbranched alkanes of at least 4 members (excludes halogenated alkanes) is 1. The van der Waals surface area contributed by atoms with Crippen molar-refractivity contribution in [3.05, 3.63) is 53.3 Å². The number of aryl methyl sites for hydroxylation is 1. The summed E-state index contributed by atoms with van der Waals surface area (Å²) in [6.07, 6.45) is 3.54. The van der Waals surface area contributed by atoms with Gasteiger partial charge in [0.05, 0.1) is 30.8 Å². The lowest BCUT2D eigenvalue weighted by Gasteiger charge is -2.13. The van der Waals surface area contributed by atoms with E-state index in [1.165, 1.54) is 12.1 Å². The van der Waals surface area contributed by atoms with Crippen molar-refractivity contribution in [1.82, 2.24) is 14.5 Å². The van der Waals surface area contributed by atoms with Crippen LogP contribution >= 0.6 is 0 Å². The summed E-state index contributed by atoms with van der Waals surface area (Å²) in [5.74, 6) is 1.49. The van der Waals surface area contributed by atoms with E-state index in [-0.39, 0.29) is 11.5 Å². The molecule has 0 amide bonds. The first-order valence-corrected chi connectivity index (χ1v) is 11.4. The molecule has 0 bridgehead atoms. The monoisotopic (exact) mass is 449 g/mol. The fourth-order valence-electron chi connectivity index (χ4n) is 4.10. The minimum atomic E-state index is 0.105. The second kappa shape index (κ2) is 10.1. The van der Waals surface area contributed by atoms with Gasteiger partial charge in [-0.25, -0.2) is 9.97 Å². The smallest absolute Gasteiger partial charge is 0.152 e. The van der Waals surface area contributed by atoms with Gasteiger partial charge in [-0.05, 0) is 48.7 Å². The van der Waals surface area contributed by atoms with Crippen LogP contribution in [0.15, 0.2) is 36.4 Å². The number of ether oxygens (including phenoxy) is 1. The van der Waals surface area contributed by atoms with Gasteiger partial charge in [-0.3, -0.25) is 0 Å². The molecule has 33 heavy (non-hydrogen) atoms. The van der Waals surface area contributed by atoms with Crippen LogP contribution in [0.2, 0.25) is 0 Å². The number of nitrogen functional groups attached to an aromatic ring is 1. The predicted molar refractivity (Wildman–Crippen MR) is 131 cm³/mol. The largest absolute Gasteiger partial charge is 0.508 e. The summed E-state index contributed by atoms with van der Waals surface area (Å²) >= 11 is 0. The van der Waals surface area contributed by atoms with Gasteiger partial charge in [0.1, 0.15) is 22.8 Å². The van der Waals surface area contributed by atoms with Crippen LogP contribution in [0.3, 0.4) is 0 Å². The SMILES string of the molecule is CCCCc1nc2c(N)nc3ccc(CCOCCN)cc3c2n1Cc1cc(O)ccc1O. The zero-order chi connectivity index (χ0) is 23.4. The van der Waals surface area contributed by atoms with Crippen LogP contribution in [0, 0.1) is 0 Å². The molecule has 8 heteroatoms. The van der Waals surface area contributed by atoms with Gasteiger partial charge in [0.2, 0.25) is 0 Å². The lowest BCUT2D eigenvalue weighted by Crippen LogP contribution is -2.10. The quantitative estimate of drug-likeness (QED) is 0.215. The molecule has 0 fully saturated rings. The van der Waals surface area contributed by atoms with Crippen molar-refractivity contribution in [2.45, 2.75) is 39.2 Å². The average molecular weight is 450 g/mol. The maximum atomic E-state index is 10.4. The van der Waals surface area contributed by atoms with E-state index < -0.39 is 0 Å². The van der Waals surface area contributed by atoms with Crippen LogP contribution in [0.4, 0.5) is 5.82 Å². The van der Waals surface area contributed by atoms with E-state index >= 15 is 0 Å². The standard InChI is InChI=1S/C25H31N5O3/c1-2-3-4-22-29-23-24(30(22)15-17-14-18(31)6-8-21(17)32)19-13-16(9-11-33-12-10-26)5-7-20(19)28-25(23)27/h5-8,13-14,31-32H,2-4,9-12,15,26H2,1H3,(H2,27,28). The second-order valence-electron chi connectivity index (χ2n) is 8.23. The van der Waals surface area contributed by atoms with Crippen molar-refractivity contribution in [3.8, 4) is 11.5 Å². The van der Waals surface area contributed by atoms with E-state index in [9.17, 15) is 10.2 Å². The Balaban J connectivity index is 1.87. The fraction of sp³-hybridized carbons (Fsp3) is 0.360. The van der Waals surface area contributed by atoms with E-state index in [0.29, 0.717) is 43.2 Å². The molecule has 0 saturated heterocycles. The molecule has 0 saturated carbocycles. The molecule has 174 valence electrons. The Hall–Kier alpha value is -3.36. The van der Waals surface area contributed by atoms with Gasteiger partial charge >= 0.3 is 0 Å². The first kappa shape index (κ1) is 22.8. The lowest BCUT2D eigenvalue weighted by atomic mass is 10.1. The number of nitrogens with zero attached hydrogens (tertiary/aromatic N) is 3. The number of phenols is 2. The summed E-state index contributed by atoms with van der Waals surface area (Å²) in [5, 5.41) is 21.3. The molecule has 6 N–H and O–H groups in total. The third kappa shape index (κ3) is 4.86. The second-order valence-corrected chi connectivity index (χ2v) is 8.23. The summed E-state index contributed by atoms with van der Waals surface area (Å²) in [5.41, 5.74) is 15.9. The first-order valence-electron chi connectivity index (χ1n) is 11.4. The van der Waals surface area contributed by atoms with E-state index in [0.717, 1.165) is 53.5 Å². The molecule has 8 nitrogen and oxygen atoms in total. The third-order valence-corrected chi connectivity index (χ3v) is 5.79. The Labute approximate surface area is 192 Å². The highest BCUT2D eigenvalue weighted by molar-refractivity contribution is 6.06. The maximum absolute atomic E-state index is 10.4. The van der Waals surface area contributed by atoms with Gasteiger partial charge < -0.3 is 31.0 Å². The van der Waals surface area contributed by atoms with E-state index in [2.05, 4.69) is 22.5 Å². The van der Waals surface area contributed by atoms with Gasteiger partial charge in [-0.1, -0.05) is 19.4 Å². The molecule has 4 aromatic rings. The van der Waals surface area contributed by atoms with E-state index in [4.69, 9.17) is 21.2 Å². The Morgan fingerprint density at radius 1 is 1.03 bits per heavy atom. The number of hydrogen-bond donors (Lipinski definition) is 4. The van der Waals surface area contributed by atoms with E-state index in [1.54, 1.807) is 6.07 Å². The van der Waals surface area contributed by atoms with Crippen LogP contribution in [-0.2, 0) is 24.1 Å². The number of aromatic nitrogens is 3. The van der Waals surface area contributed by atoms with Gasteiger partial charge in [-0.2, -0.15) is 0 Å². The number of nitrogens with two attached hydrogens (primary N) is 2. The van der Waals surface area contributed by atoms with Crippen LogP contribution < -0.4 is 11.5 Å². The van der Waals surface area contributed by atoms with Gasteiger partial charge in [0, 0.05) is 23.9 Å². The average Bonchev–Trinajstić information content (AvgIpc) is 3.17. The van der Waals surface area contributed by atoms with Gasteiger partial charge in [-0.15, -0.1) is 0 Å². The molecule has 0 radical (unpaired) electrons. The summed E-state index contributed by atoms with van der Waals surface area (Å²) < 4.78 is 7.64. The lowest BCUT2D eigenvalue weighted by molar-refractivity contribution is 0.145. The number of fused-ring (bicyclic) bond motifs is 3. The Bertz CT molecular complexity index is 1270. The molecule has 0 unspecified atom stereocenters. The number of benzene rings is 2. The van der Waals surface area contributed by atoms with Crippen molar-refractivity contribution < 1.29 is 14.9 Å². The number of anilines is 1. The number of hydrogen-bond acceptors (Lipinski definition) is 7. The van der Waals surface area contributed by atoms with Crippen LogP contribution in [0.25, 0.3) is 21.9 Å².